The maximum absolute atomic E-state index is 13.1. The largest absolute Gasteiger partial charge is 0.507 e. The molecule has 0 saturated carbocycles. The lowest BCUT2D eigenvalue weighted by Crippen LogP contribution is -2.37. The fourth-order valence-electron chi connectivity index (χ4n) is 4.19. The number of aliphatic hydroxyl groups excluding tert-OH is 1. The highest BCUT2D eigenvalue weighted by molar-refractivity contribution is 7.10. The number of esters is 1. The molecule has 0 radical (unpaired) electrons. The number of Topliss-reactive ketones (excluding diaryl/α,β-unsaturated/α-hetero) is 1. The molecule has 2 aromatic rings. The molecule has 8 nitrogen and oxygen atoms in total. The number of nitrogens with zero attached hydrogens (tertiary/aromatic N) is 2. The number of aliphatic hydroxyl groups is 1. The van der Waals surface area contributed by atoms with Crippen molar-refractivity contribution in [3.63, 3.8) is 0 Å². The number of likely N-dealkylation sites (N-methyl/N-ethyl adjacent to an activating group) is 1. The van der Waals surface area contributed by atoms with Gasteiger partial charge in [0, 0.05) is 29.2 Å². The van der Waals surface area contributed by atoms with Crippen molar-refractivity contribution in [2.75, 3.05) is 33.3 Å². The van der Waals surface area contributed by atoms with E-state index < -0.39 is 23.7 Å². The van der Waals surface area contributed by atoms with Crippen LogP contribution >= 0.6 is 11.3 Å². The predicted molar refractivity (Wildman–Crippen MR) is 123 cm³/mol. The predicted octanol–water partition coefficient (Wildman–Crippen LogP) is 3.24. The molecule has 3 rings (SSSR count). The molecule has 0 aliphatic carbocycles. The number of hydrogen-bond acceptors (Lipinski definition) is 7. The highest BCUT2D eigenvalue weighted by Gasteiger charge is 2.47. The molecule has 1 saturated heterocycles. The van der Waals surface area contributed by atoms with Crippen LogP contribution in [-0.2, 0) is 14.3 Å². The van der Waals surface area contributed by atoms with Crippen molar-refractivity contribution in [3.05, 3.63) is 50.5 Å². The van der Waals surface area contributed by atoms with E-state index in [1.165, 1.54) is 23.3 Å². The number of aryl methyl sites for hydroxylation is 1. The third-order valence-electron chi connectivity index (χ3n) is 5.97. The number of ketones is 1. The number of ether oxygens (including phenoxy) is 1. The van der Waals surface area contributed by atoms with Gasteiger partial charge in [-0.1, -0.05) is 19.9 Å². The summed E-state index contributed by atoms with van der Waals surface area (Å²) in [7, 11) is 1.27. The van der Waals surface area contributed by atoms with Crippen LogP contribution in [0.25, 0.3) is 5.76 Å². The van der Waals surface area contributed by atoms with Gasteiger partial charge < -0.3 is 24.6 Å². The summed E-state index contributed by atoms with van der Waals surface area (Å²) in [6, 6.07) is 3.03. The number of methoxy groups -OCH3 is 1. The average molecular weight is 460 g/mol. The molecule has 0 bridgehead atoms. The number of thiophene rings is 1. The summed E-state index contributed by atoms with van der Waals surface area (Å²) >= 11 is 1.43. The van der Waals surface area contributed by atoms with Gasteiger partial charge in [0.2, 0.25) is 0 Å². The summed E-state index contributed by atoms with van der Waals surface area (Å²) in [5.74, 6) is -2.20. The molecule has 9 heteroatoms. The Hall–Kier alpha value is -2.91. The van der Waals surface area contributed by atoms with Crippen molar-refractivity contribution in [1.82, 2.24) is 14.8 Å². The van der Waals surface area contributed by atoms with Crippen LogP contribution in [0.15, 0.2) is 23.1 Å². The van der Waals surface area contributed by atoms with Crippen molar-refractivity contribution in [2.24, 2.45) is 0 Å². The summed E-state index contributed by atoms with van der Waals surface area (Å²) in [6.45, 7) is 10.1. The molecule has 0 aromatic carbocycles. The zero-order valence-corrected chi connectivity index (χ0v) is 19.8. The summed E-state index contributed by atoms with van der Waals surface area (Å²) in [4.78, 5) is 45.7. The Morgan fingerprint density at radius 2 is 1.97 bits per heavy atom. The van der Waals surface area contributed by atoms with E-state index in [4.69, 9.17) is 4.74 Å². The third-order valence-corrected chi connectivity index (χ3v) is 6.89. The number of nitrogens with one attached hydrogen (secondary N) is 1. The van der Waals surface area contributed by atoms with E-state index in [1.807, 2.05) is 31.4 Å². The highest BCUT2D eigenvalue weighted by Crippen LogP contribution is 2.42. The van der Waals surface area contributed by atoms with E-state index in [9.17, 15) is 19.5 Å². The van der Waals surface area contributed by atoms with E-state index in [0.717, 1.165) is 18.0 Å². The molecule has 1 fully saturated rings. The number of hydrogen-bond donors (Lipinski definition) is 2. The zero-order chi connectivity index (χ0) is 23.6. The Labute approximate surface area is 191 Å². The number of likely N-dealkylation sites (tertiary alicyclic amines) is 1. The van der Waals surface area contributed by atoms with Crippen LogP contribution in [-0.4, -0.2) is 70.8 Å². The van der Waals surface area contributed by atoms with Crippen molar-refractivity contribution in [2.45, 2.75) is 33.7 Å². The van der Waals surface area contributed by atoms with E-state index in [0.29, 0.717) is 29.9 Å². The van der Waals surface area contributed by atoms with Gasteiger partial charge in [-0.15, -0.1) is 11.3 Å². The van der Waals surface area contributed by atoms with Gasteiger partial charge in [0.05, 0.1) is 18.7 Å². The molecule has 1 aliphatic rings. The Balaban J connectivity index is 2.12. The minimum Gasteiger partial charge on any atom is -0.507 e. The molecule has 172 valence electrons. The topological polar surface area (TPSA) is 103 Å². The van der Waals surface area contributed by atoms with Gasteiger partial charge in [-0.2, -0.15) is 0 Å². The fraction of sp³-hybridized carbons (Fsp3) is 0.435. The second-order valence-corrected chi connectivity index (χ2v) is 8.63. The van der Waals surface area contributed by atoms with Crippen molar-refractivity contribution >= 4 is 34.8 Å². The first-order valence-corrected chi connectivity index (χ1v) is 11.5. The Morgan fingerprint density at radius 3 is 2.53 bits per heavy atom. The molecule has 1 atom stereocenters. The molecule has 3 heterocycles. The van der Waals surface area contributed by atoms with Crippen molar-refractivity contribution in [1.29, 1.82) is 0 Å². The Morgan fingerprint density at radius 1 is 1.28 bits per heavy atom. The van der Waals surface area contributed by atoms with Crippen molar-refractivity contribution in [3.8, 4) is 0 Å². The molecular weight excluding hydrogens is 430 g/mol. The number of aromatic amines is 1. The minimum atomic E-state index is -0.722. The molecule has 2 aromatic heterocycles. The normalized spacial score (nSPS) is 18.1. The first-order chi connectivity index (χ1) is 15.3. The summed E-state index contributed by atoms with van der Waals surface area (Å²) in [6.07, 6.45) is 0. The van der Waals surface area contributed by atoms with Gasteiger partial charge in [-0.3, -0.25) is 9.59 Å². The van der Waals surface area contributed by atoms with Crippen LogP contribution in [0.2, 0.25) is 0 Å². The molecule has 2 N–H and O–H groups in total. The van der Waals surface area contributed by atoms with Gasteiger partial charge in [0.25, 0.3) is 11.7 Å². The quantitative estimate of drug-likeness (QED) is 0.272. The second kappa shape index (κ2) is 9.70. The third kappa shape index (κ3) is 4.10. The van der Waals surface area contributed by atoms with Gasteiger partial charge in [-0.25, -0.2) is 4.79 Å². The summed E-state index contributed by atoms with van der Waals surface area (Å²) in [5.41, 5.74) is 1.56. The van der Waals surface area contributed by atoms with Gasteiger partial charge in [0.15, 0.2) is 0 Å². The molecule has 1 aliphatic heterocycles. The summed E-state index contributed by atoms with van der Waals surface area (Å²) in [5, 5.41) is 13.2. The van der Waals surface area contributed by atoms with Crippen LogP contribution in [0.4, 0.5) is 0 Å². The number of carbonyl (C=O) groups is 3. The fourth-order valence-corrected chi connectivity index (χ4v) is 5.03. The SMILES string of the molecule is CCN(CC)CCN1C(=O)C(=O)C(=C(O)c2c(C)[nH]c(C(=O)OC)c2C)[C@H]1c1cccs1. The number of rotatable bonds is 8. The summed E-state index contributed by atoms with van der Waals surface area (Å²) < 4.78 is 4.80. The standard InChI is InChI=1S/C23H29N3O5S/c1-6-25(7-2)10-11-26-19(15-9-8-12-32-15)17(21(28)22(26)29)20(27)16-13(3)18(23(30)31-5)24-14(16)4/h8-9,12,19,24,27H,6-7,10-11H2,1-5H3/t19-/m1/s1. The Kier molecular flexibility index (Phi) is 7.20. The van der Waals surface area contributed by atoms with Crippen LogP contribution in [0.1, 0.15) is 52.1 Å². The maximum Gasteiger partial charge on any atom is 0.354 e. The number of amides is 1. The van der Waals surface area contributed by atoms with Gasteiger partial charge in [0.1, 0.15) is 11.5 Å². The van der Waals surface area contributed by atoms with E-state index in [1.54, 1.807) is 13.8 Å². The molecule has 0 spiro atoms. The molecule has 1 amide bonds. The molecule has 0 unspecified atom stereocenters. The number of aromatic nitrogens is 1. The van der Waals surface area contributed by atoms with E-state index in [-0.39, 0.29) is 17.0 Å². The lowest BCUT2D eigenvalue weighted by atomic mass is 9.97. The van der Waals surface area contributed by atoms with E-state index in [2.05, 4.69) is 9.88 Å². The lowest BCUT2D eigenvalue weighted by Gasteiger charge is -2.27. The molecule has 32 heavy (non-hydrogen) atoms. The van der Waals surface area contributed by atoms with E-state index >= 15 is 0 Å². The number of H-pyrrole nitrogens is 1. The number of carbonyl (C=O) groups excluding carboxylic acids is 3. The van der Waals surface area contributed by atoms with Gasteiger partial charge in [-0.05, 0) is 43.9 Å². The van der Waals surface area contributed by atoms with Crippen LogP contribution in [0, 0.1) is 13.8 Å². The average Bonchev–Trinajstić information content (AvgIpc) is 3.47. The first kappa shape index (κ1) is 23.7. The first-order valence-electron chi connectivity index (χ1n) is 10.6. The van der Waals surface area contributed by atoms with Gasteiger partial charge >= 0.3 is 5.97 Å². The molecular formula is C23H29N3O5S. The zero-order valence-electron chi connectivity index (χ0n) is 19.0. The smallest absolute Gasteiger partial charge is 0.354 e. The van der Waals surface area contributed by atoms with Crippen LogP contribution in [0.3, 0.4) is 0 Å². The second-order valence-electron chi connectivity index (χ2n) is 7.65. The highest BCUT2D eigenvalue weighted by atomic mass is 32.1. The maximum atomic E-state index is 13.1. The van der Waals surface area contributed by atoms with Crippen LogP contribution < -0.4 is 0 Å². The van der Waals surface area contributed by atoms with Crippen molar-refractivity contribution < 1.29 is 24.2 Å². The minimum absolute atomic E-state index is 0.0404. The van der Waals surface area contributed by atoms with Crippen LogP contribution in [0.5, 0.6) is 0 Å². The Bertz CT molecular complexity index is 1050. The lowest BCUT2D eigenvalue weighted by molar-refractivity contribution is -0.140. The monoisotopic (exact) mass is 459 g/mol.